The molecule has 1 aromatic rings. The van der Waals surface area contributed by atoms with Crippen molar-refractivity contribution in [2.75, 3.05) is 19.8 Å². The Hall–Kier alpha value is -1.88. The van der Waals surface area contributed by atoms with Gasteiger partial charge in [-0.1, -0.05) is 0 Å². The van der Waals surface area contributed by atoms with Crippen molar-refractivity contribution < 1.29 is 28.0 Å². The second kappa shape index (κ2) is 10.6. The Balaban J connectivity index is 0.00000294. The zero-order valence-corrected chi connectivity index (χ0v) is 23.1. The summed E-state index contributed by atoms with van der Waals surface area (Å²) in [4.78, 5) is 27.9. The molecule has 1 aliphatic heterocycles. The van der Waals surface area contributed by atoms with Gasteiger partial charge in [0.2, 0.25) is 5.91 Å². The van der Waals surface area contributed by atoms with E-state index in [0.717, 1.165) is 24.7 Å². The predicted molar refractivity (Wildman–Crippen MR) is 142 cm³/mol. The summed E-state index contributed by atoms with van der Waals surface area (Å²) in [6.45, 7) is 1.03. The molecule has 3 N–H and O–H groups in total. The average molecular weight is 568 g/mol. The molecule has 0 radical (unpaired) electrons. The molecule has 0 aromatic heterocycles. The lowest BCUT2D eigenvalue weighted by molar-refractivity contribution is -0.139. The molecule has 4 bridgehead atoms. The Labute approximate surface area is 230 Å². The van der Waals surface area contributed by atoms with Crippen molar-refractivity contribution in [2.24, 2.45) is 29.6 Å². The minimum absolute atomic E-state index is 0. The molecule has 0 atom stereocenters. The molecule has 0 unspecified atom stereocenters. The van der Waals surface area contributed by atoms with E-state index in [2.05, 4.69) is 10.2 Å². The molecule has 0 spiro atoms. The predicted octanol–water partition coefficient (Wildman–Crippen LogP) is 2.91. The van der Waals surface area contributed by atoms with Gasteiger partial charge >= 0.3 is 0 Å². The molecular weight excluding hydrogens is 530 g/mol. The van der Waals surface area contributed by atoms with Crippen LogP contribution in [-0.4, -0.2) is 60.9 Å². The minimum atomic E-state index is -4.06. The van der Waals surface area contributed by atoms with Crippen molar-refractivity contribution in [3.8, 4) is 5.75 Å². The summed E-state index contributed by atoms with van der Waals surface area (Å²) < 4.78 is 31.3. The van der Waals surface area contributed by atoms with Crippen LogP contribution in [-0.2, 0) is 19.4 Å². The number of rotatable bonds is 8. The molecule has 5 aliphatic carbocycles. The SMILES string of the molecule is Cl.O=C(NCOc1ccc(S(=O)(=O)C2(C(=O)NO)CCN(C3CC3)CC2)cc1)C1C2CC3CC(C2)CC1C3. The normalized spacial score (nSPS) is 31.8. The topological polar surface area (TPSA) is 125 Å². The number of carbonyl (C=O) groups is 2. The monoisotopic (exact) mass is 567 g/mol. The first kappa shape index (κ1) is 27.7. The van der Waals surface area contributed by atoms with Crippen LogP contribution in [0.1, 0.15) is 57.8 Å². The number of hydrogen-bond donors (Lipinski definition) is 3. The zero-order chi connectivity index (χ0) is 25.8. The quantitative estimate of drug-likeness (QED) is 0.250. The Morgan fingerprint density at radius 2 is 1.55 bits per heavy atom. The highest BCUT2D eigenvalue weighted by Crippen LogP contribution is 2.56. The number of hydrogen-bond acceptors (Lipinski definition) is 7. The van der Waals surface area contributed by atoms with Crippen molar-refractivity contribution in [3.05, 3.63) is 24.3 Å². The first-order valence-corrected chi connectivity index (χ1v) is 15.2. The van der Waals surface area contributed by atoms with Crippen LogP contribution in [0.25, 0.3) is 0 Å². The maximum atomic E-state index is 13.6. The fraction of sp³-hybridized carbons (Fsp3) is 0.704. The highest BCUT2D eigenvalue weighted by atomic mass is 35.5. The zero-order valence-electron chi connectivity index (χ0n) is 21.5. The number of piperidine rings is 1. The van der Waals surface area contributed by atoms with Gasteiger partial charge in [-0.15, -0.1) is 12.4 Å². The molecule has 5 saturated carbocycles. The van der Waals surface area contributed by atoms with E-state index < -0.39 is 20.5 Å². The third kappa shape index (κ3) is 4.82. The van der Waals surface area contributed by atoms with Gasteiger partial charge in [0.15, 0.2) is 21.3 Å². The Kier molecular flexibility index (Phi) is 7.72. The maximum absolute atomic E-state index is 13.6. The van der Waals surface area contributed by atoms with Crippen LogP contribution in [0.15, 0.2) is 29.2 Å². The molecular formula is C27H38ClN3O6S. The number of carbonyl (C=O) groups excluding carboxylic acids is 2. The number of likely N-dealkylation sites (tertiary alicyclic amines) is 1. The van der Waals surface area contributed by atoms with E-state index in [0.29, 0.717) is 36.7 Å². The molecule has 1 saturated heterocycles. The van der Waals surface area contributed by atoms with Crippen LogP contribution < -0.4 is 15.5 Å². The third-order valence-electron chi connectivity index (χ3n) is 9.85. The van der Waals surface area contributed by atoms with E-state index in [1.807, 2.05) is 0 Å². The molecule has 9 nitrogen and oxygen atoms in total. The maximum Gasteiger partial charge on any atom is 0.265 e. The highest BCUT2D eigenvalue weighted by Gasteiger charge is 2.54. The van der Waals surface area contributed by atoms with E-state index >= 15 is 0 Å². The number of nitrogens with zero attached hydrogens (tertiary/aromatic N) is 1. The summed E-state index contributed by atoms with van der Waals surface area (Å²) >= 11 is 0. The van der Waals surface area contributed by atoms with Crippen molar-refractivity contribution in [2.45, 2.75) is 73.5 Å². The fourth-order valence-electron chi connectivity index (χ4n) is 8.01. The van der Waals surface area contributed by atoms with Crippen LogP contribution in [0.2, 0.25) is 0 Å². The summed E-state index contributed by atoms with van der Waals surface area (Å²) in [6, 6.07) is 6.45. The highest BCUT2D eigenvalue weighted by molar-refractivity contribution is 7.93. The summed E-state index contributed by atoms with van der Waals surface area (Å²) in [5, 5.41) is 12.3. The minimum Gasteiger partial charge on any atom is -0.473 e. The van der Waals surface area contributed by atoms with Gasteiger partial charge in [-0.2, -0.15) is 0 Å². The lowest BCUT2D eigenvalue weighted by Crippen LogP contribution is -2.58. The third-order valence-corrected chi connectivity index (χ3v) is 12.4. The van der Waals surface area contributed by atoms with E-state index in [-0.39, 0.29) is 48.7 Å². The van der Waals surface area contributed by atoms with Gasteiger partial charge in [0.1, 0.15) is 5.75 Å². The smallest absolute Gasteiger partial charge is 0.265 e. The molecule has 1 heterocycles. The summed E-state index contributed by atoms with van der Waals surface area (Å²) in [7, 11) is -4.06. The van der Waals surface area contributed by atoms with Gasteiger partial charge in [0.25, 0.3) is 5.91 Å². The average Bonchev–Trinajstić information content (AvgIpc) is 3.73. The molecule has 38 heavy (non-hydrogen) atoms. The Bertz CT molecular complexity index is 1120. The molecule has 6 aliphatic rings. The van der Waals surface area contributed by atoms with Gasteiger partial charge in [-0.3, -0.25) is 14.8 Å². The number of amides is 2. The Morgan fingerprint density at radius 1 is 0.974 bits per heavy atom. The number of ether oxygens (including phenoxy) is 1. The molecule has 7 rings (SSSR count). The van der Waals surface area contributed by atoms with E-state index in [4.69, 9.17) is 4.74 Å². The van der Waals surface area contributed by atoms with Crippen LogP contribution in [0.5, 0.6) is 5.75 Å². The number of sulfone groups is 1. The summed E-state index contributed by atoms with van der Waals surface area (Å²) in [5.41, 5.74) is 1.61. The lowest BCUT2D eigenvalue weighted by atomic mass is 9.51. The van der Waals surface area contributed by atoms with Gasteiger partial charge in [-0.25, -0.2) is 13.9 Å². The number of hydroxylamine groups is 1. The van der Waals surface area contributed by atoms with Gasteiger partial charge in [-0.05, 0) is 106 Å². The van der Waals surface area contributed by atoms with Gasteiger partial charge in [0, 0.05) is 25.0 Å². The van der Waals surface area contributed by atoms with Gasteiger partial charge < -0.3 is 15.0 Å². The molecule has 210 valence electrons. The summed E-state index contributed by atoms with van der Waals surface area (Å²) in [6.07, 6.45) is 8.54. The number of nitrogens with one attached hydrogen (secondary N) is 2. The van der Waals surface area contributed by atoms with E-state index in [9.17, 15) is 23.2 Å². The number of benzene rings is 1. The Morgan fingerprint density at radius 3 is 2.08 bits per heavy atom. The van der Waals surface area contributed by atoms with Crippen molar-refractivity contribution >= 4 is 34.1 Å². The largest absolute Gasteiger partial charge is 0.473 e. The van der Waals surface area contributed by atoms with Crippen molar-refractivity contribution in [1.29, 1.82) is 0 Å². The van der Waals surface area contributed by atoms with Crippen molar-refractivity contribution in [3.63, 3.8) is 0 Å². The molecule has 6 fully saturated rings. The van der Waals surface area contributed by atoms with Crippen LogP contribution >= 0.6 is 12.4 Å². The summed E-state index contributed by atoms with van der Waals surface area (Å²) in [5.74, 6) is 2.34. The number of halogens is 1. The molecule has 11 heteroatoms. The lowest BCUT2D eigenvalue weighted by Gasteiger charge is -2.53. The van der Waals surface area contributed by atoms with E-state index in [1.54, 1.807) is 17.6 Å². The van der Waals surface area contributed by atoms with Crippen molar-refractivity contribution in [1.82, 2.24) is 15.7 Å². The standard InChI is InChI=1S/C27H37N3O6S.ClH/c31-25(24-19-12-17-11-18(14-19)15-20(24)13-17)28-16-36-22-3-5-23(6-4-22)37(34,35)27(26(32)29-33)7-9-30(10-8-27)21-1-2-21;/h3-6,17-21,24,33H,1-2,7-16H2,(H,28,31)(H,29,32);1H. The van der Waals surface area contributed by atoms with Crippen LogP contribution in [0, 0.1) is 29.6 Å². The fourth-order valence-corrected chi connectivity index (χ4v) is 9.97. The van der Waals surface area contributed by atoms with Crippen LogP contribution in [0.4, 0.5) is 0 Å². The van der Waals surface area contributed by atoms with E-state index in [1.165, 1.54) is 44.2 Å². The molecule has 1 aromatic carbocycles. The molecule has 2 amide bonds. The second-order valence-electron chi connectivity index (χ2n) is 12.0. The van der Waals surface area contributed by atoms with Crippen LogP contribution in [0.3, 0.4) is 0 Å². The second-order valence-corrected chi connectivity index (χ2v) is 14.2. The first-order valence-electron chi connectivity index (χ1n) is 13.7. The first-order chi connectivity index (χ1) is 17.8. The van der Waals surface area contributed by atoms with Gasteiger partial charge in [0.05, 0.1) is 4.90 Å².